The molecular formula is C11H17N3O4S. The van der Waals surface area contributed by atoms with E-state index in [9.17, 15) is 18.3 Å². The molecule has 0 radical (unpaired) electrons. The summed E-state index contributed by atoms with van der Waals surface area (Å²) in [6.45, 7) is 3.51. The average molecular weight is 287 g/mol. The molecule has 1 aromatic rings. The third-order valence-electron chi connectivity index (χ3n) is 3.22. The Hall–Kier alpha value is -1.41. The van der Waals surface area contributed by atoms with Crippen LogP contribution in [-0.4, -0.2) is 45.7 Å². The third-order valence-corrected chi connectivity index (χ3v) is 5.15. The number of hydrogen-bond acceptors (Lipinski definition) is 5. The zero-order valence-corrected chi connectivity index (χ0v) is 11.8. The molecule has 0 aliphatic carbocycles. The summed E-state index contributed by atoms with van der Waals surface area (Å²) in [6, 6.07) is 0. The standard InChI is InChI=1S/C11H17N3O4S/c1-8-11(16)12-10(9(2)15)14(8)19(17,18)13-6-4-3-5-7-13/h16H,3-7H2,1-2H3. The summed E-state index contributed by atoms with van der Waals surface area (Å²) >= 11 is 0. The highest BCUT2D eigenvalue weighted by atomic mass is 32.2. The van der Waals surface area contributed by atoms with Gasteiger partial charge in [-0.3, -0.25) is 4.79 Å². The first-order valence-corrected chi connectivity index (χ1v) is 7.55. The second kappa shape index (κ2) is 4.93. The molecule has 1 fully saturated rings. The van der Waals surface area contributed by atoms with Crippen molar-refractivity contribution in [3.63, 3.8) is 0 Å². The maximum Gasteiger partial charge on any atom is 0.309 e. The predicted octanol–water partition coefficient (Wildman–Crippen LogP) is 0.679. The molecule has 0 aromatic carbocycles. The van der Waals surface area contributed by atoms with Crippen LogP contribution in [0.15, 0.2) is 0 Å². The molecule has 0 bridgehead atoms. The molecule has 19 heavy (non-hydrogen) atoms. The van der Waals surface area contributed by atoms with Crippen LogP contribution in [0.1, 0.15) is 42.5 Å². The van der Waals surface area contributed by atoms with Crippen LogP contribution in [0, 0.1) is 6.92 Å². The van der Waals surface area contributed by atoms with Crippen molar-refractivity contribution in [1.29, 1.82) is 0 Å². The number of ketones is 1. The van der Waals surface area contributed by atoms with Gasteiger partial charge in [0, 0.05) is 20.0 Å². The van der Waals surface area contributed by atoms with E-state index in [4.69, 9.17) is 0 Å². The number of Topliss-reactive ketones (excluding diaryl/α,β-unsaturated/α-hetero) is 1. The van der Waals surface area contributed by atoms with Crippen LogP contribution in [-0.2, 0) is 10.2 Å². The summed E-state index contributed by atoms with van der Waals surface area (Å²) in [7, 11) is -3.84. The van der Waals surface area contributed by atoms with Crippen LogP contribution >= 0.6 is 0 Å². The molecule has 0 saturated carbocycles. The summed E-state index contributed by atoms with van der Waals surface area (Å²) < 4.78 is 27.2. The fraction of sp³-hybridized carbons (Fsp3) is 0.636. The lowest BCUT2D eigenvalue weighted by atomic mass is 10.2. The van der Waals surface area contributed by atoms with Crippen LogP contribution in [0.4, 0.5) is 0 Å². The van der Waals surface area contributed by atoms with Gasteiger partial charge >= 0.3 is 10.2 Å². The van der Waals surface area contributed by atoms with Crippen molar-refractivity contribution in [2.75, 3.05) is 13.1 Å². The summed E-state index contributed by atoms with van der Waals surface area (Å²) in [4.78, 5) is 15.1. The maximum absolute atomic E-state index is 12.5. The Balaban J connectivity index is 2.53. The number of aromatic hydroxyl groups is 1. The van der Waals surface area contributed by atoms with Gasteiger partial charge in [0.25, 0.3) is 0 Å². The van der Waals surface area contributed by atoms with Gasteiger partial charge in [0.05, 0.1) is 5.69 Å². The largest absolute Gasteiger partial charge is 0.492 e. The number of piperidine rings is 1. The summed E-state index contributed by atoms with van der Waals surface area (Å²) in [5, 5.41) is 9.56. The monoisotopic (exact) mass is 287 g/mol. The lowest BCUT2D eigenvalue weighted by Crippen LogP contribution is -2.40. The van der Waals surface area contributed by atoms with Gasteiger partial charge in [-0.25, -0.2) is 3.97 Å². The number of rotatable bonds is 3. The van der Waals surface area contributed by atoms with Gasteiger partial charge in [0.15, 0.2) is 11.6 Å². The van der Waals surface area contributed by atoms with E-state index in [2.05, 4.69) is 4.98 Å². The minimum Gasteiger partial charge on any atom is -0.492 e. The molecule has 2 rings (SSSR count). The number of carbonyl (C=O) groups excluding carboxylic acids is 1. The predicted molar refractivity (Wildman–Crippen MR) is 68.4 cm³/mol. The van der Waals surface area contributed by atoms with E-state index in [1.54, 1.807) is 0 Å². The van der Waals surface area contributed by atoms with E-state index in [1.807, 2.05) is 0 Å². The van der Waals surface area contributed by atoms with E-state index in [-0.39, 0.29) is 11.5 Å². The SMILES string of the molecule is CC(=O)c1nc(O)c(C)n1S(=O)(=O)N1CCCCC1. The minimum atomic E-state index is -3.84. The molecule has 8 heteroatoms. The first-order chi connectivity index (χ1) is 8.85. The Labute approximate surface area is 112 Å². The smallest absolute Gasteiger partial charge is 0.309 e. The second-order valence-corrected chi connectivity index (χ2v) is 6.41. The molecule has 2 heterocycles. The maximum atomic E-state index is 12.5. The van der Waals surface area contributed by atoms with Crippen molar-refractivity contribution in [1.82, 2.24) is 13.3 Å². The average Bonchev–Trinajstić information content (AvgIpc) is 2.68. The number of imidazole rings is 1. The van der Waals surface area contributed by atoms with E-state index in [0.717, 1.165) is 23.2 Å². The Kier molecular flexibility index (Phi) is 3.64. The number of nitrogens with zero attached hydrogens (tertiary/aromatic N) is 3. The minimum absolute atomic E-state index is 0.0655. The van der Waals surface area contributed by atoms with Gasteiger partial charge in [-0.2, -0.15) is 17.7 Å². The van der Waals surface area contributed by atoms with E-state index in [0.29, 0.717) is 13.1 Å². The first kappa shape index (κ1) is 14.0. The lowest BCUT2D eigenvalue weighted by molar-refractivity contribution is 0.100. The number of aromatic nitrogens is 2. The van der Waals surface area contributed by atoms with Gasteiger partial charge in [0.1, 0.15) is 0 Å². The third kappa shape index (κ3) is 2.37. The molecule has 1 N–H and O–H groups in total. The van der Waals surface area contributed by atoms with Gasteiger partial charge < -0.3 is 5.11 Å². The van der Waals surface area contributed by atoms with Crippen molar-refractivity contribution in [3.8, 4) is 5.88 Å². The first-order valence-electron chi connectivity index (χ1n) is 6.15. The van der Waals surface area contributed by atoms with Crippen molar-refractivity contribution < 1.29 is 18.3 Å². The highest BCUT2D eigenvalue weighted by molar-refractivity contribution is 7.87. The van der Waals surface area contributed by atoms with Crippen molar-refractivity contribution in [2.24, 2.45) is 0 Å². The van der Waals surface area contributed by atoms with Crippen LogP contribution in [0.25, 0.3) is 0 Å². The molecule has 0 amide bonds. The van der Waals surface area contributed by atoms with Crippen LogP contribution in [0.3, 0.4) is 0 Å². The molecule has 0 spiro atoms. The lowest BCUT2D eigenvalue weighted by Gasteiger charge is -2.26. The summed E-state index contributed by atoms with van der Waals surface area (Å²) in [6.07, 6.45) is 2.60. The molecule has 1 saturated heterocycles. The van der Waals surface area contributed by atoms with E-state index >= 15 is 0 Å². The summed E-state index contributed by atoms with van der Waals surface area (Å²) in [5.41, 5.74) is 0.0655. The van der Waals surface area contributed by atoms with Crippen LogP contribution in [0.5, 0.6) is 5.88 Å². The van der Waals surface area contributed by atoms with Crippen LogP contribution < -0.4 is 0 Å². The Morgan fingerprint density at radius 1 is 1.26 bits per heavy atom. The Morgan fingerprint density at radius 2 is 1.84 bits per heavy atom. The molecule has 7 nitrogen and oxygen atoms in total. The quantitative estimate of drug-likeness (QED) is 0.825. The van der Waals surface area contributed by atoms with Crippen molar-refractivity contribution in [2.45, 2.75) is 33.1 Å². The number of carbonyl (C=O) groups is 1. The van der Waals surface area contributed by atoms with Crippen molar-refractivity contribution in [3.05, 3.63) is 11.5 Å². The normalized spacial score (nSPS) is 17.6. The van der Waals surface area contributed by atoms with Gasteiger partial charge in [-0.1, -0.05) is 6.42 Å². The molecule has 0 unspecified atom stereocenters. The highest BCUT2D eigenvalue weighted by Crippen LogP contribution is 2.23. The summed E-state index contributed by atoms with van der Waals surface area (Å²) in [5.74, 6) is -1.17. The van der Waals surface area contributed by atoms with Gasteiger partial charge in [0.2, 0.25) is 5.88 Å². The Bertz CT molecular complexity index is 600. The molecule has 1 aliphatic rings. The molecular weight excluding hydrogens is 270 g/mol. The topological polar surface area (TPSA) is 92.5 Å². The van der Waals surface area contributed by atoms with Gasteiger partial charge in [-0.05, 0) is 19.8 Å². The Morgan fingerprint density at radius 3 is 2.37 bits per heavy atom. The van der Waals surface area contributed by atoms with Crippen LogP contribution in [0.2, 0.25) is 0 Å². The highest BCUT2D eigenvalue weighted by Gasteiger charge is 2.32. The fourth-order valence-electron chi connectivity index (χ4n) is 2.19. The molecule has 1 aromatic heterocycles. The fourth-order valence-corrected chi connectivity index (χ4v) is 3.96. The van der Waals surface area contributed by atoms with E-state index < -0.39 is 21.9 Å². The molecule has 1 aliphatic heterocycles. The molecule has 0 atom stereocenters. The van der Waals surface area contributed by atoms with Gasteiger partial charge in [-0.15, -0.1) is 0 Å². The zero-order valence-electron chi connectivity index (χ0n) is 11.0. The van der Waals surface area contributed by atoms with E-state index in [1.165, 1.54) is 18.2 Å². The number of hydrogen-bond donors (Lipinski definition) is 1. The van der Waals surface area contributed by atoms with Crippen molar-refractivity contribution >= 4 is 16.0 Å². The second-order valence-electron chi connectivity index (χ2n) is 4.63. The molecule has 106 valence electrons. The zero-order chi connectivity index (χ0) is 14.2.